The molecule has 0 fully saturated rings. The van der Waals surface area contributed by atoms with Gasteiger partial charge in [0, 0.05) is 17.0 Å². The first kappa shape index (κ1) is 24.9. The molecule has 0 radical (unpaired) electrons. The van der Waals surface area contributed by atoms with Crippen molar-refractivity contribution in [1.82, 2.24) is 0 Å². The average molecular weight is 517 g/mol. The quantitative estimate of drug-likeness (QED) is 0.259. The van der Waals surface area contributed by atoms with Crippen molar-refractivity contribution in [3.8, 4) is 34.1 Å². The number of benzene rings is 3. The van der Waals surface area contributed by atoms with Gasteiger partial charge in [0.05, 0.1) is 38.7 Å². The van der Waals surface area contributed by atoms with Gasteiger partial charge in [0.2, 0.25) is 5.43 Å². The maximum Gasteiger partial charge on any atom is 0.343 e. The van der Waals surface area contributed by atoms with E-state index in [2.05, 4.69) is 4.74 Å². The van der Waals surface area contributed by atoms with Crippen LogP contribution in [-0.4, -0.2) is 39.9 Å². The molecule has 5 rings (SSSR count). The highest BCUT2D eigenvalue weighted by atomic mass is 16.6. The lowest BCUT2D eigenvalue weighted by atomic mass is 9.84. The number of carbonyl (C=O) groups excluding carboxylic acids is 2. The number of rotatable bonds is 7. The van der Waals surface area contributed by atoms with Gasteiger partial charge in [0.15, 0.2) is 18.1 Å². The Labute approximate surface area is 217 Å². The maximum atomic E-state index is 13.6. The summed E-state index contributed by atoms with van der Waals surface area (Å²) in [5.41, 5.74) is 2.18. The van der Waals surface area contributed by atoms with E-state index in [1.54, 1.807) is 54.6 Å². The minimum atomic E-state index is -0.543. The molecule has 9 nitrogen and oxygen atoms in total. The van der Waals surface area contributed by atoms with Gasteiger partial charge in [-0.15, -0.1) is 0 Å². The minimum absolute atomic E-state index is 0.00808. The summed E-state index contributed by atoms with van der Waals surface area (Å²) in [5.74, 6) is 0.197. The summed E-state index contributed by atoms with van der Waals surface area (Å²) in [6, 6.07) is 15.4. The van der Waals surface area contributed by atoms with Crippen LogP contribution in [0.5, 0.6) is 23.0 Å². The Balaban J connectivity index is 1.65. The zero-order chi connectivity index (χ0) is 26.8. The molecule has 194 valence electrons. The number of methoxy groups -OCH3 is 3. The monoisotopic (exact) mass is 516 g/mol. The highest BCUT2D eigenvalue weighted by Gasteiger charge is 2.34. The molecule has 1 aromatic heterocycles. The maximum absolute atomic E-state index is 13.6. The van der Waals surface area contributed by atoms with Crippen molar-refractivity contribution in [3.63, 3.8) is 0 Å². The third-order valence-corrected chi connectivity index (χ3v) is 6.45. The van der Waals surface area contributed by atoms with Crippen molar-refractivity contribution >= 4 is 22.9 Å². The van der Waals surface area contributed by atoms with Gasteiger partial charge in [-0.2, -0.15) is 0 Å². The third kappa shape index (κ3) is 4.43. The van der Waals surface area contributed by atoms with Gasteiger partial charge in [-0.05, 0) is 35.9 Å². The van der Waals surface area contributed by atoms with Crippen LogP contribution in [0.25, 0.3) is 22.1 Å². The molecule has 0 saturated heterocycles. The summed E-state index contributed by atoms with van der Waals surface area (Å²) in [7, 11) is 4.33. The number of ether oxygens (including phenoxy) is 5. The molecule has 1 atom stereocenters. The Morgan fingerprint density at radius 1 is 0.947 bits per heavy atom. The standard InChI is InChI=1S/C29H24O9/c1-33-22-10-8-16(12-24(22)34-2)20-14-37-29-18(28(20)32)9-11-23-27(29)19(13-25(30)38-23)17-6-4-5-7-21(17)36-15-26(31)35-3/h4-12,14,19H,13,15H2,1-3H3/t19-/m1/s1. The fourth-order valence-electron chi connectivity index (χ4n) is 4.62. The van der Waals surface area contributed by atoms with Gasteiger partial charge in [0.1, 0.15) is 23.3 Å². The summed E-state index contributed by atoms with van der Waals surface area (Å²) in [4.78, 5) is 37.8. The third-order valence-electron chi connectivity index (χ3n) is 6.45. The fraction of sp³-hybridized carbons (Fsp3) is 0.207. The molecule has 9 heteroatoms. The first-order chi connectivity index (χ1) is 18.4. The molecule has 0 saturated carbocycles. The number of hydrogen-bond acceptors (Lipinski definition) is 9. The van der Waals surface area contributed by atoms with E-state index in [0.717, 1.165) is 0 Å². The lowest BCUT2D eigenvalue weighted by Gasteiger charge is -2.26. The van der Waals surface area contributed by atoms with Crippen molar-refractivity contribution in [2.45, 2.75) is 12.3 Å². The topological polar surface area (TPSA) is 111 Å². The fourth-order valence-corrected chi connectivity index (χ4v) is 4.62. The summed E-state index contributed by atoms with van der Waals surface area (Å²) in [6.07, 6.45) is 1.38. The number of fused-ring (bicyclic) bond motifs is 3. The Morgan fingerprint density at radius 3 is 2.50 bits per heavy atom. The molecule has 0 N–H and O–H groups in total. The second-order valence-corrected chi connectivity index (χ2v) is 8.54. The summed E-state index contributed by atoms with van der Waals surface area (Å²) in [6.45, 7) is -0.295. The Hall–Kier alpha value is -4.79. The minimum Gasteiger partial charge on any atom is -0.493 e. The zero-order valence-corrected chi connectivity index (χ0v) is 20.9. The molecule has 0 spiro atoms. The molecule has 0 unspecified atom stereocenters. The first-order valence-electron chi connectivity index (χ1n) is 11.7. The molecule has 0 aliphatic carbocycles. The van der Waals surface area contributed by atoms with Crippen molar-refractivity contribution in [3.05, 3.63) is 82.2 Å². The number of carbonyl (C=O) groups is 2. The SMILES string of the molecule is COC(=O)COc1ccccc1[C@H]1CC(=O)Oc2ccc3c(=O)c(-c4ccc(OC)c(OC)c4)coc3c21. The highest BCUT2D eigenvalue weighted by Crippen LogP contribution is 2.45. The average Bonchev–Trinajstić information content (AvgIpc) is 2.95. The molecular weight excluding hydrogens is 492 g/mol. The summed E-state index contributed by atoms with van der Waals surface area (Å²) >= 11 is 0. The molecule has 1 aliphatic heterocycles. The molecule has 4 aromatic rings. The van der Waals surface area contributed by atoms with Crippen molar-refractivity contribution in [2.24, 2.45) is 0 Å². The first-order valence-corrected chi connectivity index (χ1v) is 11.7. The van der Waals surface area contributed by atoms with Crippen LogP contribution in [0, 0.1) is 0 Å². The lowest BCUT2D eigenvalue weighted by Crippen LogP contribution is -2.23. The highest BCUT2D eigenvalue weighted by molar-refractivity contribution is 5.90. The van der Waals surface area contributed by atoms with Crippen LogP contribution in [-0.2, 0) is 14.3 Å². The summed E-state index contributed by atoms with van der Waals surface area (Å²) < 4.78 is 32.6. The smallest absolute Gasteiger partial charge is 0.343 e. The Morgan fingerprint density at radius 2 is 1.74 bits per heavy atom. The predicted octanol–water partition coefficient (Wildman–Crippen LogP) is 4.47. The van der Waals surface area contributed by atoms with Gasteiger partial charge < -0.3 is 28.1 Å². The van der Waals surface area contributed by atoms with Crippen LogP contribution >= 0.6 is 0 Å². The van der Waals surface area contributed by atoms with E-state index in [0.29, 0.717) is 56.2 Å². The molecule has 38 heavy (non-hydrogen) atoms. The number of hydrogen-bond donors (Lipinski definition) is 0. The zero-order valence-electron chi connectivity index (χ0n) is 20.9. The molecule has 0 bridgehead atoms. The van der Waals surface area contributed by atoms with Gasteiger partial charge in [-0.25, -0.2) is 4.79 Å². The van der Waals surface area contributed by atoms with E-state index in [1.807, 2.05) is 0 Å². The predicted molar refractivity (Wildman–Crippen MR) is 137 cm³/mol. The van der Waals surface area contributed by atoms with Crippen LogP contribution in [0.2, 0.25) is 0 Å². The van der Waals surface area contributed by atoms with Gasteiger partial charge >= 0.3 is 11.9 Å². The normalized spacial score (nSPS) is 14.4. The van der Waals surface area contributed by atoms with Gasteiger partial charge in [0.25, 0.3) is 0 Å². The van der Waals surface area contributed by atoms with E-state index < -0.39 is 17.9 Å². The summed E-state index contributed by atoms with van der Waals surface area (Å²) in [5, 5.41) is 0.326. The Kier molecular flexibility index (Phi) is 6.74. The molecule has 0 amide bonds. The Bertz CT molecular complexity index is 1600. The molecule has 1 aliphatic rings. The van der Waals surface area contributed by atoms with Gasteiger partial charge in [-0.3, -0.25) is 9.59 Å². The van der Waals surface area contributed by atoms with Crippen molar-refractivity contribution in [2.75, 3.05) is 27.9 Å². The van der Waals surface area contributed by atoms with Gasteiger partial charge in [-0.1, -0.05) is 24.3 Å². The largest absolute Gasteiger partial charge is 0.493 e. The van der Waals surface area contributed by atoms with Crippen LogP contribution < -0.4 is 24.4 Å². The van der Waals surface area contributed by atoms with E-state index in [1.165, 1.54) is 27.6 Å². The molecule has 3 aromatic carbocycles. The van der Waals surface area contributed by atoms with Crippen molar-refractivity contribution < 1.29 is 37.7 Å². The van der Waals surface area contributed by atoms with E-state index >= 15 is 0 Å². The van der Waals surface area contributed by atoms with Crippen LogP contribution in [0.3, 0.4) is 0 Å². The lowest BCUT2D eigenvalue weighted by molar-refractivity contribution is -0.143. The number of esters is 2. The van der Waals surface area contributed by atoms with Crippen LogP contribution in [0.4, 0.5) is 0 Å². The van der Waals surface area contributed by atoms with Crippen LogP contribution in [0.15, 0.2) is 70.1 Å². The molecule has 2 heterocycles. The number of para-hydroxylation sites is 1. The second-order valence-electron chi connectivity index (χ2n) is 8.54. The van der Waals surface area contributed by atoms with Crippen LogP contribution in [0.1, 0.15) is 23.5 Å². The van der Waals surface area contributed by atoms with E-state index in [-0.39, 0.29) is 18.5 Å². The van der Waals surface area contributed by atoms with E-state index in [9.17, 15) is 14.4 Å². The second kappa shape index (κ2) is 10.3. The van der Waals surface area contributed by atoms with Crippen molar-refractivity contribution in [1.29, 1.82) is 0 Å². The van der Waals surface area contributed by atoms with E-state index in [4.69, 9.17) is 23.4 Å². The molecular formula is C29H24O9.